The Morgan fingerprint density at radius 1 is 1.17 bits per heavy atom. The van der Waals surface area contributed by atoms with E-state index in [-0.39, 0.29) is 17.2 Å². The van der Waals surface area contributed by atoms with E-state index in [1.165, 1.54) is 11.1 Å². The van der Waals surface area contributed by atoms with E-state index in [1.807, 2.05) is 13.0 Å². The second kappa shape index (κ2) is 8.97. The number of amides is 1. The summed E-state index contributed by atoms with van der Waals surface area (Å²) in [7, 11) is 1.67. The van der Waals surface area contributed by atoms with Crippen LogP contribution in [0.15, 0.2) is 36.4 Å². The van der Waals surface area contributed by atoms with Crippen LogP contribution in [0.25, 0.3) is 11.1 Å². The smallest absolute Gasteiger partial charge is 0.268 e. The van der Waals surface area contributed by atoms with Crippen molar-refractivity contribution in [3.8, 4) is 16.9 Å². The third-order valence-corrected chi connectivity index (χ3v) is 8.28. The Morgan fingerprint density at radius 2 is 1.91 bits per heavy atom. The molecule has 2 aromatic carbocycles. The van der Waals surface area contributed by atoms with Crippen LogP contribution in [-0.4, -0.2) is 36.1 Å². The number of nitrogens with two attached hydrogens (primary N) is 2. The van der Waals surface area contributed by atoms with E-state index in [0.29, 0.717) is 32.8 Å². The third-order valence-electron chi connectivity index (χ3n) is 7.46. The van der Waals surface area contributed by atoms with Crippen LogP contribution in [0.5, 0.6) is 5.75 Å². The molecule has 1 aromatic heterocycles. The summed E-state index contributed by atoms with van der Waals surface area (Å²) in [6.07, 6.45) is 2.72. The number of anilines is 1. The summed E-state index contributed by atoms with van der Waals surface area (Å²) in [5, 5.41) is 0.721. The van der Waals surface area contributed by atoms with Gasteiger partial charge in [0.05, 0.1) is 22.8 Å². The van der Waals surface area contributed by atoms with Gasteiger partial charge in [-0.2, -0.15) is 0 Å². The second-order valence-corrected chi connectivity index (χ2v) is 10.2. The first-order valence-electron chi connectivity index (χ1n) is 11.5. The zero-order chi connectivity index (χ0) is 24.9. The highest BCUT2D eigenvalue weighted by Crippen LogP contribution is 2.51. The maximum absolute atomic E-state index is 12.4. The molecule has 0 bridgehead atoms. The first-order valence-corrected chi connectivity index (χ1v) is 12.3. The summed E-state index contributed by atoms with van der Waals surface area (Å²) < 4.78 is 5.40. The quantitative estimate of drug-likeness (QED) is 0.525. The van der Waals surface area contributed by atoms with Crippen molar-refractivity contribution in [2.75, 3.05) is 25.1 Å². The van der Waals surface area contributed by atoms with Crippen molar-refractivity contribution in [1.82, 2.24) is 9.97 Å². The van der Waals surface area contributed by atoms with Crippen LogP contribution >= 0.6 is 23.2 Å². The molecule has 0 radical (unpaired) electrons. The van der Waals surface area contributed by atoms with Crippen molar-refractivity contribution in [1.29, 1.82) is 0 Å². The highest BCUT2D eigenvalue weighted by Gasteiger charge is 2.46. The maximum Gasteiger partial charge on any atom is 0.268 e. The van der Waals surface area contributed by atoms with Gasteiger partial charge in [-0.1, -0.05) is 41.4 Å². The number of halogens is 2. The van der Waals surface area contributed by atoms with Crippen molar-refractivity contribution in [2.45, 2.75) is 32.2 Å². The van der Waals surface area contributed by atoms with Gasteiger partial charge in [-0.3, -0.25) is 4.79 Å². The summed E-state index contributed by atoms with van der Waals surface area (Å²) in [5.74, 6) is 0.675. The minimum Gasteiger partial charge on any atom is -0.497 e. The van der Waals surface area contributed by atoms with E-state index >= 15 is 0 Å². The molecule has 5 rings (SSSR count). The number of fused-ring (bicyclic) bond motifs is 1. The van der Waals surface area contributed by atoms with Crippen LogP contribution in [-0.2, 0) is 6.42 Å². The van der Waals surface area contributed by atoms with Gasteiger partial charge in [0.15, 0.2) is 0 Å². The van der Waals surface area contributed by atoms with Crippen LogP contribution < -0.4 is 21.1 Å². The number of ether oxygens (including phenoxy) is 1. The second-order valence-electron chi connectivity index (χ2n) is 9.37. The number of aromatic nitrogens is 2. The van der Waals surface area contributed by atoms with Gasteiger partial charge in [0.1, 0.15) is 11.4 Å². The van der Waals surface area contributed by atoms with Crippen LogP contribution in [0.4, 0.5) is 5.95 Å². The number of hydrogen-bond donors (Lipinski definition) is 2. The Bertz CT molecular complexity index is 1320. The molecule has 2 aliphatic rings. The minimum absolute atomic E-state index is 0.0129. The van der Waals surface area contributed by atoms with Crippen molar-refractivity contribution in [3.05, 3.63) is 69.0 Å². The highest BCUT2D eigenvalue weighted by molar-refractivity contribution is 6.43. The normalized spacial score (nSPS) is 18.5. The number of piperidine rings is 1. The molecule has 35 heavy (non-hydrogen) atoms. The van der Waals surface area contributed by atoms with Gasteiger partial charge in [-0.05, 0) is 60.9 Å². The van der Waals surface area contributed by atoms with Gasteiger partial charge >= 0.3 is 0 Å². The Hall–Kier alpha value is -2.87. The number of methoxy groups -OCH3 is 1. The zero-order valence-corrected chi connectivity index (χ0v) is 21.2. The Morgan fingerprint density at radius 3 is 2.60 bits per heavy atom. The topological polar surface area (TPSA) is 107 Å². The summed E-state index contributed by atoms with van der Waals surface area (Å²) in [6, 6.07) is 11.4. The van der Waals surface area contributed by atoms with Crippen molar-refractivity contribution < 1.29 is 9.53 Å². The SMILES string of the molecule is COc1ccc2c(c1)[C@@H](N)C1(CCN(c3nc(C)c(-c4cccc(Cl)c4Cl)c(C(N)=O)n3)CC1)C2. The van der Waals surface area contributed by atoms with Crippen LogP contribution in [0.3, 0.4) is 0 Å². The molecule has 0 unspecified atom stereocenters. The third kappa shape index (κ3) is 4.01. The number of carbonyl (C=O) groups is 1. The summed E-state index contributed by atoms with van der Waals surface area (Å²) in [4.78, 5) is 23.8. The molecular weight excluding hydrogens is 485 g/mol. The Kier molecular flexibility index (Phi) is 6.11. The van der Waals surface area contributed by atoms with Gasteiger partial charge in [0, 0.05) is 30.3 Å². The lowest BCUT2D eigenvalue weighted by atomic mass is 9.73. The zero-order valence-electron chi connectivity index (χ0n) is 19.6. The van der Waals surface area contributed by atoms with E-state index in [2.05, 4.69) is 22.0 Å². The highest BCUT2D eigenvalue weighted by atomic mass is 35.5. The van der Waals surface area contributed by atoms with E-state index < -0.39 is 5.91 Å². The van der Waals surface area contributed by atoms with Crippen LogP contribution in [0.1, 0.15) is 46.2 Å². The lowest BCUT2D eigenvalue weighted by molar-refractivity contribution is 0.0996. The molecule has 7 nitrogen and oxygen atoms in total. The lowest BCUT2D eigenvalue weighted by Crippen LogP contribution is -2.45. The first kappa shape index (κ1) is 23.9. The standard InChI is InChI=1S/C26H27Cl2N5O2/c1-14-20(17-4-3-5-19(27)21(17)28)22(24(30)34)32-25(31-14)33-10-8-26(9-11-33)13-15-6-7-16(35-2)12-18(15)23(26)29/h3-7,12,23H,8-11,13,29H2,1-2H3,(H2,30,34)/t23-/m1/s1. The molecule has 1 aliphatic carbocycles. The summed E-state index contributed by atoms with van der Waals surface area (Å²) >= 11 is 12.6. The fourth-order valence-corrected chi connectivity index (χ4v) is 5.90. The molecule has 0 saturated carbocycles. The molecule has 9 heteroatoms. The average Bonchev–Trinajstić information content (AvgIpc) is 3.11. The maximum atomic E-state index is 12.4. The molecule has 2 heterocycles. The van der Waals surface area contributed by atoms with E-state index in [9.17, 15) is 4.79 Å². The molecule has 4 N–H and O–H groups in total. The molecule has 1 aliphatic heterocycles. The van der Waals surface area contributed by atoms with Gasteiger partial charge in [-0.25, -0.2) is 9.97 Å². The monoisotopic (exact) mass is 511 g/mol. The number of aryl methyl sites for hydroxylation is 1. The molecule has 1 spiro atoms. The van der Waals surface area contributed by atoms with Crippen LogP contribution in [0.2, 0.25) is 10.0 Å². The predicted molar refractivity (Wildman–Crippen MR) is 138 cm³/mol. The fourth-order valence-electron chi connectivity index (χ4n) is 5.51. The molecule has 1 atom stereocenters. The molecule has 1 fully saturated rings. The molecular formula is C26H27Cl2N5O2. The summed E-state index contributed by atoms with van der Waals surface area (Å²) in [6.45, 7) is 3.29. The van der Waals surface area contributed by atoms with E-state index in [4.69, 9.17) is 44.4 Å². The van der Waals surface area contributed by atoms with E-state index in [0.717, 1.165) is 38.1 Å². The number of benzene rings is 2. The minimum atomic E-state index is -0.640. The lowest BCUT2D eigenvalue weighted by Gasteiger charge is -2.42. The number of nitrogens with zero attached hydrogens (tertiary/aromatic N) is 3. The number of carbonyl (C=O) groups excluding carboxylic acids is 1. The van der Waals surface area contributed by atoms with Gasteiger partial charge < -0.3 is 21.1 Å². The van der Waals surface area contributed by atoms with Crippen LogP contribution in [0, 0.1) is 12.3 Å². The number of rotatable bonds is 4. The van der Waals surface area contributed by atoms with Crippen molar-refractivity contribution in [3.63, 3.8) is 0 Å². The van der Waals surface area contributed by atoms with E-state index in [1.54, 1.807) is 25.3 Å². The molecule has 3 aromatic rings. The Labute approximate surface area is 214 Å². The first-order chi connectivity index (χ1) is 16.7. The molecule has 1 saturated heterocycles. The molecule has 1 amide bonds. The van der Waals surface area contributed by atoms with Crippen molar-refractivity contribution in [2.24, 2.45) is 16.9 Å². The average molecular weight is 512 g/mol. The number of hydrogen-bond acceptors (Lipinski definition) is 6. The van der Waals surface area contributed by atoms with Crippen molar-refractivity contribution >= 4 is 35.1 Å². The fraction of sp³-hybridized carbons (Fsp3) is 0.346. The summed E-state index contributed by atoms with van der Waals surface area (Å²) in [5.41, 5.74) is 16.8. The predicted octanol–water partition coefficient (Wildman–Crippen LogP) is 4.71. The largest absolute Gasteiger partial charge is 0.497 e. The van der Waals surface area contributed by atoms with Gasteiger partial charge in [-0.15, -0.1) is 0 Å². The van der Waals surface area contributed by atoms with Gasteiger partial charge in [0.25, 0.3) is 5.91 Å². The van der Waals surface area contributed by atoms with Gasteiger partial charge in [0.2, 0.25) is 5.95 Å². The molecule has 182 valence electrons. The number of primary amides is 1. The Balaban J connectivity index is 1.43.